The number of rotatable bonds is 3. The number of fused-ring (bicyclic) bond motifs is 1. The second kappa shape index (κ2) is 3.85. The molecule has 2 nitrogen and oxygen atoms in total. The molecule has 2 rings (SSSR count). The average Bonchev–Trinajstić information content (AvgIpc) is 2.70. The van der Waals surface area contributed by atoms with Gasteiger partial charge in [-0.3, -0.25) is 4.79 Å². The van der Waals surface area contributed by atoms with Crippen LogP contribution in [0.5, 0.6) is 0 Å². The third-order valence-electron chi connectivity index (χ3n) is 2.70. The molecule has 1 N–H and O–H groups in total. The van der Waals surface area contributed by atoms with E-state index in [1.165, 1.54) is 0 Å². The first kappa shape index (κ1) is 9.90. The van der Waals surface area contributed by atoms with Gasteiger partial charge in [0.2, 0.25) is 0 Å². The van der Waals surface area contributed by atoms with Gasteiger partial charge in [-0.2, -0.15) is 0 Å². The van der Waals surface area contributed by atoms with Crippen LogP contribution in [0.3, 0.4) is 0 Å². The van der Waals surface area contributed by atoms with Crippen LogP contribution in [-0.2, 0) is 4.79 Å². The highest BCUT2D eigenvalue weighted by atomic mass is 19.1. The summed E-state index contributed by atoms with van der Waals surface area (Å²) in [4.78, 5) is 14.3. The molecule has 0 amide bonds. The van der Waals surface area contributed by atoms with Gasteiger partial charge in [-0.15, -0.1) is 0 Å². The molecule has 0 aliphatic carbocycles. The SMILES string of the molecule is CC(C(=O)CF)c1c[nH]c2ccccc12. The van der Waals surface area contributed by atoms with Gasteiger partial charge >= 0.3 is 0 Å². The number of H-pyrrole nitrogens is 1. The lowest BCUT2D eigenvalue weighted by atomic mass is 9.97. The Morgan fingerprint density at radius 3 is 2.93 bits per heavy atom. The Morgan fingerprint density at radius 2 is 2.20 bits per heavy atom. The summed E-state index contributed by atoms with van der Waals surface area (Å²) in [6.45, 7) is 0.832. The van der Waals surface area contributed by atoms with Gasteiger partial charge in [0.1, 0.15) is 6.67 Å². The van der Waals surface area contributed by atoms with Gasteiger partial charge in [-0.1, -0.05) is 25.1 Å². The van der Waals surface area contributed by atoms with Crippen LogP contribution >= 0.6 is 0 Å². The third kappa shape index (κ3) is 1.65. The summed E-state index contributed by atoms with van der Waals surface area (Å²) in [5, 5.41) is 0.992. The van der Waals surface area contributed by atoms with Crippen molar-refractivity contribution in [2.75, 3.05) is 6.67 Å². The first-order valence-corrected chi connectivity index (χ1v) is 4.88. The second-order valence-corrected chi connectivity index (χ2v) is 3.61. The topological polar surface area (TPSA) is 32.9 Å². The number of hydrogen-bond acceptors (Lipinski definition) is 1. The van der Waals surface area contributed by atoms with Crippen LogP contribution in [0.2, 0.25) is 0 Å². The molecule has 0 aliphatic rings. The summed E-state index contributed by atoms with van der Waals surface area (Å²) in [5.41, 5.74) is 1.85. The van der Waals surface area contributed by atoms with Crippen LogP contribution in [-0.4, -0.2) is 17.4 Å². The van der Waals surface area contributed by atoms with Gasteiger partial charge in [-0.05, 0) is 11.6 Å². The van der Waals surface area contributed by atoms with E-state index in [0.29, 0.717) is 0 Å². The lowest BCUT2D eigenvalue weighted by Crippen LogP contribution is -2.10. The lowest BCUT2D eigenvalue weighted by Gasteiger charge is -2.06. The Hall–Kier alpha value is -1.64. The number of alkyl halides is 1. The van der Waals surface area contributed by atoms with Crippen molar-refractivity contribution in [3.63, 3.8) is 0 Å². The van der Waals surface area contributed by atoms with Crippen LogP contribution < -0.4 is 0 Å². The number of carbonyl (C=O) groups excluding carboxylic acids is 1. The summed E-state index contributed by atoms with van der Waals surface area (Å²) in [7, 11) is 0. The van der Waals surface area contributed by atoms with E-state index in [2.05, 4.69) is 4.98 Å². The van der Waals surface area contributed by atoms with Crippen LogP contribution in [0.15, 0.2) is 30.5 Å². The van der Waals surface area contributed by atoms with Crippen molar-refractivity contribution in [1.82, 2.24) is 4.98 Å². The van der Waals surface area contributed by atoms with Crippen molar-refractivity contribution in [3.8, 4) is 0 Å². The van der Waals surface area contributed by atoms with Crippen LogP contribution in [0, 0.1) is 0 Å². The smallest absolute Gasteiger partial charge is 0.171 e. The van der Waals surface area contributed by atoms with E-state index in [9.17, 15) is 9.18 Å². The third-order valence-corrected chi connectivity index (χ3v) is 2.70. The number of Topliss-reactive ketones (excluding diaryl/α,β-unsaturated/α-hetero) is 1. The molecule has 0 radical (unpaired) electrons. The minimum atomic E-state index is -0.902. The van der Waals surface area contributed by atoms with E-state index in [-0.39, 0.29) is 11.7 Å². The quantitative estimate of drug-likeness (QED) is 0.821. The maximum atomic E-state index is 12.3. The zero-order valence-electron chi connectivity index (χ0n) is 8.46. The molecule has 1 unspecified atom stereocenters. The first-order chi connectivity index (χ1) is 7.24. The molecule has 1 atom stereocenters. The Balaban J connectivity index is 2.48. The molecular weight excluding hydrogens is 193 g/mol. The number of para-hydroxylation sites is 1. The Morgan fingerprint density at radius 1 is 1.47 bits per heavy atom. The van der Waals surface area contributed by atoms with E-state index in [1.54, 1.807) is 13.1 Å². The minimum absolute atomic E-state index is 0.375. The fourth-order valence-corrected chi connectivity index (χ4v) is 1.74. The van der Waals surface area contributed by atoms with Gasteiger partial charge in [0.25, 0.3) is 0 Å². The molecule has 0 bridgehead atoms. The predicted molar refractivity (Wildman–Crippen MR) is 57.7 cm³/mol. The maximum Gasteiger partial charge on any atom is 0.171 e. The number of hydrogen-bond donors (Lipinski definition) is 1. The summed E-state index contributed by atoms with van der Waals surface area (Å²) in [5.74, 6) is -0.758. The Bertz CT molecular complexity index is 489. The highest BCUT2D eigenvalue weighted by Crippen LogP contribution is 2.25. The van der Waals surface area contributed by atoms with Crippen LogP contribution in [0.1, 0.15) is 18.4 Å². The summed E-state index contributed by atoms with van der Waals surface area (Å²) in [6.07, 6.45) is 1.78. The van der Waals surface area contributed by atoms with Gasteiger partial charge < -0.3 is 4.98 Å². The summed E-state index contributed by atoms with van der Waals surface area (Å²) in [6, 6.07) is 7.70. The van der Waals surface area contributed by atoms with E-state index in [0.717, 1.165) is 16.5 Å². The molecule has 2 aromatic rings. The minimum Gasteiger partial charge on any atom is -0.361 e. The van der Waals surface area contributed by atoms with E-state index in [1.807, 2.05) is 24.3 Å². The van der Waals surface area contributed by atoms with E-state index >= 15 is 0 Å². The zero-order valence-corrected chi connectivity index (χ0v) is 8.46. The van der Waals surface area contributed by atoms with Crippen molar-refractivity contribution in [1.29, 1.82) is 0 Å². The molecule has 0 fully saturated rings. The Labute approximate surface area is 87.1 Å². The molecule has 1 heterocycles. The van der Waals surface area contributed by atoms with E-state index in [4.69, 9.17) is 0 Å². The fraction of sp³-hybridized carbons (Fsp3) is 0.250. The number of halogens is 1. The monoisotopic (exact) mass is 205 g/mol. The number of carbonyl (C=O) groups is 1. The lowest BCUT2D eigenvalue weighted by molar-refractivity contribution is -0.120. The number of aromatic nitrogens is 1. The highest BCUT2D eigenvalue weighted by molar-refractivity contribution is 5.93. The van der Waals surface area contributed by atoms with Gasteiger partial charge in [0, 0.05) is 23.0 Å². The summed E-state index contributed by atoms with van der Waals surface area (Å²) < 4.78 is 12.3. The van der Waals surface area contributed by atoms with Crippen molar-refractivity contribution in [2.45, 2.75) is 12.8 Å². The molecule has 0 saturated carbocycles. The highest BCUT2D eigenvalue weighted by Gasteiger charge is 2.17. The Kier molecular flexibility index (Phi) is 2.54. The zero-order chi connectivity index (χ0) is 10.8. The molecule has 15 heavy (non-hydrogen) atoms. The molecule has 0 saturated heterocycles. The maximum absolute atomic E-state index is 12.3. The average molecular weight is 205 g/mol. The van der Waals surface area contributed by atoms with E-state index < -0.39 is 6.67 Å². The number of aromatic amines is 1. The normalized spacial score (nSPS) is 12.9. The first-order valence-electron chi connectivity index (χ1n) is 4.88. The molecule has 0 spiro atoms. The van der Waals surface area contributed by atoms with Crippen molar-refractivity contribution in [3.05, 3.63) is 36.0 Å². The molecule has 0 aliphatic heterocycles. The predicted octanol–water partition coefficient (Wildman–Crippen LogP) is 2.81. The largest absolute Gasteiger partial charge is 0.361 e. The van der Waals surface area contributed by atoms with Crippen LogP contribution in [0.25, 0.3) is 10.9 Å². The molecule has 1 aromatic heterocycles. The van der Waals surface area contributed by atoms with Crippen LogP contribution in [0.4, 0.5) is 4.39 Å². The van der Waals surface area contributed by atoms with Gasteiger partial charge in [-0.25, -0.2) is 4.39 Å². The second-order valence-electron chi connectivity index (χ2n) is 3.61. The molecule has 3 heteroatoms. The number of nitrogens with one attached hydrogen (secondary N) is 1. The fourth-order valence-electron chi connectivity index (χ4n) is 1.74. The molecular formula is C12H12FNO. The van der Waals surface area contributed by atoms with Gasteiger partial charge in [0.05, 0.1) is 0 Å². The van der Waals surface area contributed by atoms with Gasteiger partial charge in [0.15, 0.2) is 5.78 Å². The van der Waals surface area contributed by atoms with Crippen molar-refractivity contribution in [2.24, 2.45) is 0 Å². The number of benzene rings is 1. The van der Waals surface area contributed by atoms with Crippen molar-refractivity contribution < 1.29 is 9.18 Å². The number of ketones is 1. The summed E-state index contributed by atoms with van der Waals surface area (Å²) >= 11 is 0. The van der Waals surface area contributed by atoms with Crippen molar-refractivity contribution >= 4 is 16.7 Å². The standard InChI is InChI=1S/C12H12FNO/c1-8(12(15)6-13)10-7-14-11-5-3-2-4-9(10)11/h2-5,7-8,14H,6H2,1H3. The molecule has 78 valence electrons. The molecule has 1 aromatic carbocycles.